The number of rotatable bonds is 10. The van der Waals surface area contributed by atoms with Gasteiger partial charge in [-0.3, -0.25) is 19.2 Å². The number of nitrogens with one attached hydrogen (secondary N) is 3. The third kappa shape index (κ3) is 6.46. The molecule has 2 aliphatic heterocycles. The van der Waals surface area contributed by atoms with Crippen molar-refractivity contribution in [1.82, 2.24) is 20.1 Å². The molecule has 0 spiro atoms. The second-order valence-corrected chi connectivity index (χ2v) is 14.6. The van der Waals surface area contributed by atoms with Crippen LogP contribution in [0.2, 0.25) is 0 Å². The van der Waals surface area contributed by atoms with Crippen molar-refractivity contribution >= 4 is 35.1 Å². The van der Waals surface area contributed by atoms with Crippen LogP contribution in [0.5, 0.6) is 0 Å². The van der Waals surface area contributed by atoms with Gasteiger partial charge in [-0.25, -0.2) is 4.98 Å². The number of hydrogen-bond donors (Lipinski definition) is 3. The average molecular weight is 663 g/mol. The number of amides is 4. The fraction of sp³-hybridized carbons (Fsp3) is 0.462. The van der Waals surface area contributed by atoms with E-state index in [-0.39, 0.29) is 42.0 Å². The molecule has 3 heterocycles. The Hall–Kier alpha value is -4.57. The van der Waals surface area contributed by atoms with Gasteiger partial charge in [0.25, 0.3) is 0 Å². The monoisotopic (exact) mass is 662 g/mol. The normalized spacial score (nSPS) is 21.8. The molecular weight excluding hydrogens is 616 g/mol. The van der Waals surface area contributed by atoms with Crippen molar-refractivity contribution < 1.29 is 19.2 Å². The molecule has 10 heteroatoms. The van der Waals surface area contributed by atoms with Gasteiger partial charge in [0.05, 0.1) is 17.3 Å². The summed E-state index contributed by atoms with van der Waals surface area (Å²) in [6, 6.07) is 17.5. The van der Waals surface area contributed by atoms with Crippen molar-refractivity contribution in [3.05, 3.63) is 88.6 Å². The number of carbonyl (C=O) groups is 4. The molecule has 3 aromatic rings. The minimum absolute atomic E-state index is 0.0378. The van der Waals surface area contributed by atoms with Crippen molar-refractivity contribution in [2.24, 2.45) is 16.7 Å². The quantitative estimate of drug-likeness (QED) is 0.290. The van der Waals surface area contributed by atoms with Gasteiger partial charge in [-0.1, -0.05) is 43.3 Å². The van der Waals surface area contributed by atoms with Crippen LogP contribution in [0.15, 0.2) is 60.8 Å². The second-order valence-electron chi connectivity index (χ2n) is 14.6. The van der Waals surface area contributed by atoms with Gasteiger partial charge in [-0.2, -0.15) is 0 Å². The van der Waals surface area contributed by atoms with E-state index < -0.39 is 5.41 Å². The molecule has 8 rings (SSSR count). The van der Waals surface area contributed by atoms with Crippen molar-refractivity contribution in [3.8, 4) is 0 Å². The van der Waals surface area contributed by atoms with Crippen LogP contribution in [0.25, 0.3) is 0 Å². The summed E-state index contributed by atoms with van der Waals surface area (Å²) in [5.41, 5.74) is 4.65. The molecule has 2 aromatic carbocycles. The molecule has 256 valence electrons. The summed E-state index contributed by atoms with van der Waals surface area (Å²) in [6.45, 7) is 4.03. The van der Waals surface area contributed by atoms with Gasteiger partial charge >= 0.3 is 0 Å². The standard InChI is InChI=1S/C39H46N6O4/c1-3-38(12-15-44(16-13-38)37(49)39-20-26(21-39)22-39)36(48)45(24-30-8-5-4-7-29(30)23-40-2)25-34(47)42-32-11-10-27-17-28-9-6-14-41-35(28)43-33(46)19-31(27)18-32/h4-11,14,18,26,40H,3,12-13,15-17,19-25H2,1-2H3,(H,42,47)(H,41,43,46). The molecule has 0 radical (unpaired) electrons. The van der Waals surface area contributed by atoms with E-state index in [1.54, 1.807) is 11.1 Å². The van der Waals surface area contributed by atoms with Crippen LogP contribution in [-0.2, 0) is 45.1 Å². The zero-order valence-corrected chi connectivity index (χ0v) is 28.5. The lowest BCUT2D eigenvalue weighted by molar-refractivity contribution is -0.180. The van der Waals surface area contributed by atoms with Crippen LogP contribution in [0.4, 0.5) is 11.5 Å². The predicted molar refractivity (Wildman–Crippen MR) is 187 cm³/mol. The first-order chi connectivity index (χ1) is 23.7. The molecule has 1 saturated heterocycles. The molecule has 4 amide bonds. The Kier molecular flexibility index (Phi) is 9.00. The summed E-state index contributed by atoms with van der Waals surface area (Å²) >= 11 is 0. The highest BCUT2D eigenvalue weighted by atomic mass is 16.2. The molecule has 3 N–H and O–H groups in total. The number of pyridine rings is 1. The van der Waals surface area contributed by atoms with E-state index >= 15 is 0 Å². The minimum atomic E-state index is -0.643. The molecule has 3 aliphatic carbocycles. The zero-order chi connectivity index (χ0) is 34.2. The molecule has 10 nitrogen and oxygen atoms in total. The molecule has 1 aromatic heterocycles. The van der Waals surface area contributed by atoms with E-state index in [4.69, 9.17) is 0 Å². The number of likely N-dealkylation sites (tertiary alicyclic amines) is 1. The van der Waals surface area contributed by atoms with E-state index in [1.807, 2.05) is 73.5 Å². The highest BCUT2D eigenvalue weighted by Gasteiger charge is 2.62. The summed E-state index contributed by atoms with van der Waals surface area (Å²) < 4.78 is 0. The lowest BCUT2D eigenvalue weighted by atomic mass is 9.44. The average Bonchev–Trinajstić information content (AvgIpc) is 3.05. The van der Waals surface area contributed by atoms with E-state index in [9.17, 15) is 19.2 Å². The van der Waals surface area contributed by atoms with Gasteiger partial charge in [0.15, 0.2) is 0 Å². The highest BCUT2D eigenvalue weighted by molar-refractivity contribution is 5.97. The molecule has 0 atom stereocenters. The summed E-state index contributed by atoms with van der Waals surface area (Å²) in [5, 5.41) is 9.13. The van der Waals surface area contributed by atoms with Gasteiger partial charge in [0, 0.05) is 44.5 Å². The van der Waals surface area contributed by atoms with Gasteiger partial charge in [-0.05, 0) is 97.5 Å². The molecule has 0 unspecified atom stereocenters. The lowest BCUT2D eigenvalue weighted by Gasteiger charge is -2.61. The first-order valence-electron chi connectivity index (χ1n) is 17.7. The first-order valence-corrected chi connectivity index (χ1v) is 17.7. The van der Waals surface area contributed by atoms with Gasteiger partial charge in [0.1, 0.15) is 12.4 Å². The third-order valence-corrected chi connectivity index (χ3v) is 11.5. The van der Waals surface area contributed by atoms with Crippen LogP contribution < -0.4 is 16.0 Å². The maximum Gasteiger partial charge on any atom is 0.244 e. The van der Waals surface area contributed by atoms with Crippen molar-refractivity contribution in [2.45, 2.75) is 71.4 Å². The molecule has 4 fully saturated rings. The number of piperidine rings is 1. The third-order valence-electron chi connectivity index (χ3n) is 11.5. The maximum atomic E-state index is 14.6. The van der Waals surface area contributed by atoms with Crippen LogP contribution >= 0.6 is 0 Å². The summed E-state index contributed by atoms with van der Waals surface area (Å²) in [5.74, 6) is 1.09. The van der Waals surface area contributed by atoms with Crippen LogP contribution in [0.3, 0.4) is 0 Å². The number of benzene rings is 2. The van der Waals surface area contributed by atoms with Crippen LogP contribution in [0, 0.1) is 16.7 Å². The Morgan fingerprint density at radius 3 is 2.41 bits per heavy atom. The zero-order valence-electron chi connectivity index (χ0n) is 28.5. The minimum Gasteiger partial charge on any atom is -0.342 e. The topological polar surface area (TPSA) is 124 Å². The summed E-state index contributed by atoms with van der Waals surface area (Å²) in [7, 11) is 1.89. The Balaban J connectivity index is 1.09. The Morgan fingerprint density at radius 2 is 1.71 bits per heavy atom. The second kappa shape index (κ2) is 13.4. The van der Waals surface area contributed by atoms with Crippen molar-refractivity contribution in [1.29, 1.82) is 0 Å². The molecule has 5 aliphatic rings. The SMILES string of the molecule is CCC1(C(=O)N(CC(=O)Nc2ccc3c(c2)CC(=O)Nc2ncccc2C3)Cc2ccccc2CNC)CCN(C(=O)C23CC(C2)C3)CC1. The predicted octanol–water partition coefficient (Wildman–Crippen LogP) is 4.67. The summed E-state index contributed by atoms with van der Waals surface area (Å²) in [4.78, 5) is 62.6. The van der Waals surface area contributed by atoms with E-state index in [0.29, 0.717) is 63.4 Å². The summed E-state index contributed by atoms with van der Waals surface area (Å²) in [6.07, 6.45) is 7.35. The van der Waals surface area contributed by atoms with E-state index in [2.05, 4.69) is 20.9 Å². The number of aromatic nitrogens is 1. The fourth-order valence-electron chi connectivity index (χ4n) is 8.41. The van der Waals surface area contributed by atoms with E-state index in [1.165, 1.54) is 0 Å². The Bertz CT molecular complexity index is 1760. The van der Waals surface area contributed by atoms with Crippen LogP contribution in [0.1, 0.15) is 73.3 Å². The maximum absolute atomic E-state index is 14.6. The molecule has 2 bridgehead atoms. The van der Waals surface area contributed by atoms with Gasteiger partial charge < -0.3 is 25.8 Å². The lowest BCUT2D eigenvalue weighted by Crippen LogP contribution is -2.63. The number of hydrogen-bond acceptors (Lipinski definition) is 6. The Labute approximate surface area is 288 Å². The Morgan fingerprint density at radius 1 is 0.959 bits per heavy atom. The number of fused-ring (bicyclic) bond motifs is 2. The van der Waals surface area contributed by atoms with Gasteiger partial charge in [-0.15, -0.1) is 0 Å². The number of nitrogens with zero attached hydrogens (tertiary/aromatic N) is 3. The van der Waals surface area contributed by atoms with Crippen molar-refractivity contribution in [2.75, 3.05) is 37.3 Å². The smallest absolute Gasteiger partial charge is 0.244 e. The van der Waals surface area contributed by atoms with Gasteiger partial charge in [0.2, 0.25) is 23.6 Å². The first kappa shape index (κ1) is 33.0. The van der Waals surface area contributed by atoms with Crippen LogP contribution in [-0.4, -0.2) is 65.1 Å². The molecular formula is C39H46N6O4. The van der Waals surface area contributed by atoms with Crippen molar-refractivity contribution in [3.63, 3.8) is 0 Å². The molecule has 49 heavy (non-hydrogen) atoms. The largest absolute Gasteiger partial charge is 0.342 e. The molecule has 3 saturated carbocycles. The number of carbonyl (C=O) groups excluding carboxylic acids is 4. The highest BCUT2D eigenvalue weighted by Crippen LogP contribution is 2.65. The fourth-order valence-corrected chi connectivity index (χ4v) is 8.41. The number of anilines is 2. The van der Waals surface area contributed by atoms with E-state index in [0.717, 1.165) is 53.0 Å².